The molecule has 2 fully saturated rings. The Labute approximate surface area is 74.9 Å². The van der Waals surface area contributed by atoms with Crippen molar-refractivity contribution in [2.24, 2.45) is 5.41 Å². The topological polar surface area (TPSA) is 29.1 Å². The number of rotatable bonds is 1. The van der Waals surface area contributed by atoms with Crippen LogP contribution < -0.4 is 5.32 Å². The van der Waals surface area contributed by atoms with Crippen molar-refractivity contribution in [1.29, 1.82) is 0 Å². The van der Waals surface area contributed by atoms with E-state index in [9.17, 15) is 4.79 Å². The first-order valence-corrected chi connectivity index (χ1v) is 5.26. The predicted octanol–water partition coefficient (Wildman–Crippen LogP) is 1.44. The fourth-order valence-corrected chi connectivity index (χ4v) is 2.47. The molecular formula is C8H12BrNO. The molecule has 0 aromatic rings. The predicted molar refractivity (Wildman–Crippen MR) is 46.6 cm³/mol. The van der Waals surface area contributed by atoms with Gasteiger partial charge >= 0.3 is 0 Å². The summed E-state index contributed by atoms with van der Waals surface area (Å²) >= 11 is 3.39. The summed E-state index contributed by atoms with van der Waals surface area (Å²) in [6, 6.07) is 0.391. The highest BCUT2D eigenvalue weighted by Crippen LogP contribution is 2.48. The number of hydrogen-bond donors (Lipinski definition) is 1. The maximum atomic E-state index is 11.4. The Bertz CT molecular complexity index is 189. The van der Waals surface area contributed by atoms with E-state index in [2.05, 4.69) is 21.2 Å². The Balaban J connectivity index is 2.08. The summed E-state index contributed by atoms with van der Waals surface area (Å²) in [5.74, 6) is 0.299. The average molecular weight is 218 g/mol. The van der Waals surface area contributed by atoms with Gasteiger partial charge in [-0.2, -0.15) is 0 Å². The number of alkyl halides is 1. The first-order chi connectivity index (χ1) is 5.27. The first kappa shape index (κ1) is 7.59. The Kier molecular flexibility index (Phi) is 1.71. The third kappa shape index (κ3) is 1.01. The van der Waals surface area contributed by atoms with E-state index in [1.54, 1.807) is 0 Å². The molecule has 1 spiro atoms. The van der Waals surface area contributed by atoms with Gasteiger partial charge in [-0.3, -0.25) is 4.79 Å². The van der Waals surface area contributed by atoms with E-state index < -0.39 is 0 Å². The van der Waals surface area contributed by atoms with Crippen LogP contribution in [0.1, 0.15) is 25.7 Å². The lowest BCUT2D eigenvalue weighted by Gasteiger charge is -2.35. The first-order valence-electron chi connectivity index (χ1n) is 4.14. The molecule has 0 aromatic heterocycles. The molecule has 1 N–H and O–H groups in total. The van der Waals surface area contributed by atoms with Crippen LogP contribution in [0, 0.1) is 5.41 Å². The van der Waals surface area contributed by atoms with Crippen molar-refractivity contribution in [1.82, 2.24) is 5.32 Å². The second-order valence-corrected chi connectivity index (χ2v) is 4.31. The van der Waals surface area contributed by atoms with Crippen LogP contribution in [0.2, 0.25) is 0 Å². The lowest BCUT2D eigenvalue weighted by molar-refractivity contribution is -0.131. The summed E-state index contributed by atoms with van der Waals surface area (Å²) in [5.41, 5.74) is 0.0679. The van der Waals surface area contributed by atoms with Crippen LogP contribution in [0.5, 0.6) is 0 Å². The lowest BCUT2D eigenvalue weighted by Crippen LogP contribution is -2.37. The number of amides is 1. The van der Waals surface area contributed by atoms with Gasteiger partial charge in [0.1, 0.15) is 0 Å². The van der Waals surface area contributed by atoms with E-state index >= 15 is 0 Å². The van der Waals surface area contributed by atoms with E-state index in [0.717, 1.165) is 24.6 Å². The molecule has 11 heavy (non-hydrogen) atoms. The fraction of sp³-hybridized carbons (Fsp3) is 0.875. The fourth-order valence-electron chi connectivity index (χ4n) is 2.08. The van der Waals surface area contributed by atoms with E-state index in [0.29, 0.717) is 11.9 Å². The molecule has 1 saturated heterocycles. The lowest BCUT2D eigenvalue weighted by atomic mass is 9.67. The van der Waals surface area contributed by atoms with Gasteiger partial charge in [-0.15, -0.1) is 0 Å². The van der Waals surface area contributed by atoms with Gasteiger partial charge in [0.2, 0.25) is 5.91 Å². The summed E-state index contributed by atoms with van der Waals surface area (Å²) in [5, 5.41) is 3.91. The Hall–Kier alpha value is -0.0500. The molecule has 1 unspecified atom stereocenters. The quantitative estimate of drug-likeness (QED) is 0.663. The summed E-state index contributed by atoms with van der Waals surface area (Å²) in [7, 11) is 0. The van der Waals surface area contributed by atoms with E-state index in [4.69, 9.17) is 0 Å². The molecule has 3 heteroatoms. The number of hydrogen-bond acceptors (Lipinski definition) is 1. The molecular weight excluding hydrogens is 206 g/mol. The number of carbonyl (C=O) groups is 1. The Morgan fingerprint density at radius 2 is 2.36 bits per heavy atom. The van der Waals surface area contributed by atoms with Crippen LogP contribution in [0.4, 0.5) is 0 Å². The van der Waals surface area contributed by atoms with E-state index in [-0.39, 0.29) is 5.41 Å². The largest absolute Gasteiger partial charge is 0.352 e. The summed E-state index contributed by atoms with van der Waals surface area (Å²) in [6.07, 6.45) is 4.52. The maximum Gasteiger partial charge on any atom is 0.226 e. The maximum absolute atomic E-state index is 11.4. The van der Waals surface area contributed by atoms with Crippen LogP contribution in [-0.2, 0) is 4.79 Å². The van der Waals surface area contributed by atoms with Gasteiger partial charge in [0.25, 0.3) is 0 Å². The van der Waals surface area contributed by atoms with Crippen LogP contribution >= 0.6 is 15.9 Å². The van der Waals surface area contributed by atoms with Crippen LogP contribution in [-0.4, -0.2) is 17.3 Å². The smallest absolute Gasteiger partial charge is 0.226 e. The summed E-state index contributed by atoms with van der Waals surface area (Å²) in [4.78, 5) is 11.4. The van der Waals surface area contributed by atoms with Crippen molar-refractivity contribution < 1.29 is 4.79 Å². The molecule has 2 aliphatic rings. The van der Waals surface area contributed by atoms with Gasteiger partial charge in [0.15, 0.2) is 0 Å². The number of nitrogens with one attached hydrogen (secondary N) is 1. The molecule has 1 aliphatic heterocycles. The van der Waals surface area contributed by atoms with Gasteiger partial charge in [-0.1, -0.05) is 22.4 Å². The molecule has 2 nitrogen and oxygen atoms in total. The molecule has 1 atom stereocenters. The number of carbonyl (C=O) groups excluding carboxylic acids is 1. The standard InChI is InChI=1S/C8H12BrNO/c9-5-6-4-8(2-1-3-8)7(11)10-6/h6H,1-5H2,(H,10,11). The third-order valence-corrected chi connectivity index (χ3v) is 3.73. The van der Waals surface area contributed by atoms with Gasteiger partial charge in [-0.25, -0.2) is 0 Å². The van der Waals surface area contributed by atoms with Crippen molar-refractivity contribution in [2.75, 3.05) is 5.33 Å². The molecule has 1 amide bonds. The zero-order valence-corrected chi connectivity index (χ0v) is 7.99. The molecule has 0 aromatic carbocycles. The van der Waals surface area contributed by atoms with Gasteiger partial charge in [-0.05, 0) is 19.3 Å². The molecule has 0 bridgehead atoms. The monoisotopic (exact) mass is 217 g/mol. The van der Waals surface area contributed by atoms with Crippen LogP contribution in [0.15, 0.2) is 0 Å². The van der Waals surface area contributed by atoms with Crippen LogP contribution in [0.3, 0.4) is 0 Å². The van der Waals surface area contributed by atoms with E-state index in [1.165, 1.54) is 6.42 Å². The van der Waals surface area contributed by atoms with Gasteiger partial charge < -0.3 is 5.32 Å². The SMILES string of the molecule is O=C1NC(CBr)CC12CCC2. The third-order valence-electron chi connectivity index (χ3n) is 2.95. The highest BCUT2D eigenvalue weighted by Gasteiger charge is 2.50. The second kappa shape index (κ2) is 2.47. The second-order valence-electron chi connectivity index (χ2n) is 3.66. The minimum absolute atomic E-state index is 0.0679. The minimum atomic E-state index is 0.0679. The minimum Gasteiger partial charge on any atom is -0.352 e. The van der Waals surface area contributed by atoms with Crippen molar-refractivity contribution in [2.45, 2.75) is 31.7 Å². The normalized spacial score (nSPS) is 33.5. The Morgan fingerprint density at radius 1 is 1.64 bits per heavy atom. The van der Waals surface area contributed by atoms with Gasteiger partial charge in [0.05, 0.1) is 5.41 Å². The zero-order valence-electron chi connectivity index (χ0n) is 6.40. The van der Waals surface area contributed by atoms with E-state index in [1.807, 2.05) is 0 Å². The van der Waals surface area contributed by atoms with Gasteiger partial charge in [0, 0.05) is 11.4 Å². The van der Waals surface area contributed by atoms with Crippen molar-refractivity contribution in [3.8, 4) is 0 Å². The highest BCUT2D eigenvalue weighted by molar-refractivity contribution is 9.09. The molecule has 0 radical (unpaired) electrons. The summed E-state index contributed by atoms with van der Waals surface area (Å²) in [6.45, 7) is 0. The van der Waals surface area contributed by atoms with Crippen molar-refractivity contribution in [3.05, 3.63) is 0 Å². The average Bonchev–Trinajstić information content (AvgIpc) is 2.25. The molecule has 1 aliphatic carbocycles. The number of halogens is 1. The van der Waals surface area contributed by atoms with Crippen molar-refractivity contribution >= 4 is 21.8 Å². The van der Waals surface area contributed by atoms with Crippen molar-refractivity contribution in [3.63, 3.8) is 0 Å². The zero-order chi connectivity index (χ0) is 7.90. The Morgan fingerprint density at radius 3 is 2.64 bits per heavy atom. The summed E-state index contributed by atoms with van der Waals surface area (Å²) < 4.78 is 0. The molecule has 62 valence electrons. The molecule has 2 rings (SSSR count). The molecule has 1 heterocycles. The van der Waals surface area contributed by atoms with Crippen LogP contribution in [0.25, 0.3) is 0 Å². The molecule has 1 saturated carbocycles. The highest BCUT2D eigenvalue weighted by atomic mass is 79.9.